The molecule has 0 saturated heterocycles. The second-order valence-electron chi connectivity index (χ2n) is 7.96. The molecule has 5 rings (SSSR count). The van der Waals surface area contributed by atoms with Crippen LogP contribution in [0.25, 0.3) is 11.1 Å². The number of aromatic nitrogens is 2. The molecule has 9 nitrogen and oxygen atoms in total. The molecule has 1 atom stereocenters. The van der Waals surface area contributed by atoms with Crippen molar-refractivity contribution < 1.29 is 27.9 Å². The van der Waals surface area contributed by atoms with E-state index < -0.39 is 11.6 Å². The Bertz CT molecular complexity index is 1260. The molecule has 0 radical (unpaired) electrons. The van der Waals surface area contributed by atoms with E-state index >= 15 is 0 Å². The first kappa shape index (κ1) is 21.9. The summed E-state index contributed by atoms with van der Waals surface area (Å²) < 4.78 is 36.5. The Balaban J connectivity index is 1.54. The van der Waals surface area contributed by atoms with Crippen LogP contribution >= 0.6 is 0 Å². The second-order valence-corrected chi connectivity index (χ2v) is 7.96. The Kier molecular flexibility index (Phi) is 5.64. The number of fused-ring (bicyclic) bond motifs is 1. The Labute approximate surface area is 194 Å². The number of carbonyl (C=O) groups excluding carboxylic acids is 1. The number of hydrogen-bond acceptors (Lipinski definition) is 9. The minimum absolute atomic E-state index is 0.0392. The summed E-state index contributed by atoms with van der Waals surface area (Å²) in [4.78, 5) is 21.4. The van der Waals surface area contributed by atoms with Gasteiger partial charge in [-0.05, 0) is 55.0 Å². The van der Waals surface area contributed by atoms with Gasteiger partial charge in [0.2, 0.25) is 5.88 Å². The molecule has 2 aliphatic rings. The number of amidine groups is 1. The smallest absolute Gasteiger partial charge is 0.359 e. The van der Waals surface area contributed by atoms with E-state index in [1.807, 2.05) is 0 Å². The Hall–Kier alpha value is -3.95. The van der Waals surface area contributed by atoms with Crippen molar-refractivity contribution in [2.75, 3.05) is 25.6 Å². The SMILES string of the molecule is CCOC(=O)C1(c2ccon2)CN=C(Nc2c(-c3ccnc(OC)c3)cc(F)c3c2CCC3)O1. The number of rotatable bonds is 6. The van der Waals surface area contributed by atoms with Crippen LogP contribution in [-0.4, -0.2) is 42.4 Å². The largest absolute Gasteiger partial charge is 0.481 e. The molecular formula is C24H23FN4O5. The summed E-state index contributed by atoms with van der Waals surface area (Å²) in [6.45, 7) is 1.84. The van der Waals surface area contributed by atoms with Crippen LogP contribution in [0.15, 0.2) is 46.2 Å². The lowest BCUT2D eigenvalue weighted by molar-refractivity contribution is -0.162. The van der Waals surface area contributed by atoms with Gasteiger partial charge in [-0.25, -0.2) is 19.2 Å². The molecule has 1 aromatic carbocycles. The fourth-order valence-electron chi connectivity index (χ4n) is 4.39. The van der Waals surface area contributed by atoms with Crippen molar-refractivity contribution in [3.8, 4) is 17.0 Å². The molecule has 0 amide bonds. The Morgan fingerprint density at radius 3 is 2.88 bits per heavy atom. The lowest BCUT2D eigenvalue weighted by Crippen LogP contribution is -2.42. The van der Waals surface area contributed by atoms with Crippen molar-refractivity contribution in [3.05, 3.63) is 59.4 Å². The molecule has 0 spiro atoms. The first-order valence-corrected chi connectivity index (χ1v) is 11.0. The van der Waals surface area contributed by atoms with Gasteiger partial charge in [-0.3, -0.25) is 0 Å². The predicted octanol–water partition coefficient (Wildman–Crippen LogP) is 3.63. The monoisotopic (exact) mass is 466 g/mol. The van der Waals surface area contributed by atoms with Crippen molar-refractivity contribution in [1.82, 2.24) is 10.1 Å². The standard InChI is InChI=1S/C24H23FN4O5/c1-3-32-22(30)24(19-8-10-33-29-19)13-27-23(34-24)28-21-16-6-4-5-15(16)18(25)12-17(21)14-7-9-26-20(11-14)31-2/h7-12H,3-6,13H2,1-2H3,(H,27,28). The number of ether oxygens (including phenoxy) is 3. The van der Waals surface area contributed by atoms with E-state index in [9.17, 15) is 9.18 Å². The topological polar surface area (TPSA) is 108 Å². The van der Waals surface area contributed by atoms with Gasteiger partial charge in [-0.2, -0.15) is 0 Å². The van der Waals surface area contributed by atoms with Gasteiger partial charge in [0.25, 0.3) is 11.6 Å². The highest BCUT2D eigenvalue weighted by Gasteiger charge is 2.51. The minimum Gasteiger partial charge on any atom is -0.481 e. The van der Waals surface area contributed by atoms with E-state index in [2.05, 4.69) is 20.4 Å². The van der Waals surface area contributed by atoms with Crippen LogP contribution in [0.5, 0.6) is 5.88 Å². The maximum absolute atomic E-state index is 15.0. The van der Waals surface area contributed by atoms with E-state index in [1.165, 1.54) is 19.4 Å². The first-order chi connectivity index (χ1) is 16.6. The van der Waals surface area contributed by atoms with E-state index in [1.54, 1.807) is 31.3 Å². The van der Waals surface area contributed by atoms with Crippen LogP contribution in [0.2, 0.25) is 0 Å². The van der Waals surface area contributed by atoms with Crippen LogP contribution in [0.3, 0.4) is 0 Å². The third-order valence-corrected chi connectivity index (χ3v) is 6.01. The zero-order valence-corrected chi connectivity index (χ0v) is 18.8. The number of nitrogens with one attached hydrogen (secondary N) is 1. The van der Waals surface area contributed by atoms with Gasteiger partial charge in [0.05, 0.1) is 19.4 Å². The first-order valence-electron chi connectivity index (χ1n) is 11.0. The van der Waals surface area contributed by atoms with E-state index in [0.29, 0.717) is 35.5 Å². The molecule has 0 saturated carbocycles. The van der Waals surface area contributed by atoms with Crippen molar-refractivity contribution >= 4 is 17.7 Å². The molecule has 0 bridgehead atoms. The number of aliphatic imine (C=N–C) groups is 1. The number of esters is 1. The minimum atomic E-state index is -1.56. The fourth-order valence-corrected chi connectivity index (χ4v) is 4.39. The summed E-state index contributed by atoms with van der Waals surface area (Å²) in [5.74, 6) is -0.472. The summed E-state index contributed by atoms with van der Waals surface area (Å²) in [5.41, 5.74) is 2.21. The van der Waals surface area contributed by atoms with Crippen molar-refractivity contribution in [2.24, 2.45) is 4.99 Å². The van der Waals surface area contributed by atoms with Crippen LogP contribution in [-0.2, 0) is 32.7 Å². The van der Waals surface area contributed by atoms with E-state index in [4.69, 9.17) is 18.7 Å². The molecule has 34 heavy (non-hydrogen) atoms. The summed E-state index contributed by atoms with van der Waals surface area (Å²) in [7, 11) is 1.52. The number of anilines is 1. The third-order valence-electron chi connectivity index (χ3n) is 6.01. The van der Waals surface area contributed by atoms with Gasteiger partial charge in [0, 0.05) is 23.9 Å². The van der Waals surface area contributed by atoms with Gasteiger partial charge in [-0.15, -0.1) is 0 Å². The maximum atomic E-state index is 15.0. The number of methoxy groups -OCH3 is 1. The molecule has 1 aliphatic heterocycles. The molecule has 1 unspecified atom stereocenters. The van der Waals surface area contributed by atoms with E-state index in [-0.39, 0.29) is 30.7 Å². The van der Waals surface area contributed by atoms with Crippen molar-refractivity contribution in [2.45, 2.75) is 31.8 Å². The summed E-state index contributed by atoms with van der Waals surface area (Å²) in [6, 6.07) is 6.65. The highest BCUT2D eigenvalue weighted by atomic mass is 19.1. The highest BCUT2D eigenvalue weighted by molar-refractivity contribution is 5.99. The molecule has 0 fully saturated rings. The summed E-state index contributed by atoms with van der Waals surface area (Å²) in [6.07, 6.45) is 5.14. The van der Waals surface area contributed by atoms with Gasteiger partial charge in [-0.1, -0.05) is 5.16 Å². The van der Waals surface area contributed by atoms with E-state index in [0.717, 1.165) is 17.5 Å². The molecule has 10 heteroatoms. The average Bonchev–Trinajstić information content (AvgIpc) is 3.62. The fraction of sp³-hybridized carbons (Fsp3) is 0.333. The molecular weight excluding hydrogens is 443 g/mol. The highest BCUT2D eigenvalue weighted by Crippen LogP contribution is 2.41. The number of pyridine rings is 1. The number of halogens is 1. The lowest BCUT2D eigenvalue weighted by Gasteiger charge is -2.24. The zero-order valence-electron chi connectivity index (χ0n) is 18.8. The normalized spacial score (nSPS) is 18.7. The van der Waals surface area contributed by atoms with Crippen LogP contribution in [0, 0.1) is 5.82 Å². The Morgan fingerprint density at radius 1 is 1.26 bits per heavy atom. The van der Waals surface area contributed by atoms with Crippen molar-refractivity contribution in [1.29, 1.82) is 0 Å². The van der Waals surface area contributed by atoms with Gasteiger partial charge in [0.15, 0.2) is 0 Å². The molecule has 1 aliphatic carbocycles. The number of hydrogen-bond donors (Lipinski definition) is 1. The Morgan fingerprint density at radius 2 is 2.12 bits per heavy atom. The number of carbonyl (C=O) groups is 1. The zero-order chi connectivity index (χ0) is 23.7. The molecule has 1 N–H and O–H groups in total. The van der Waals surface area contributed by atoms with Gasteiger partial charge in [0.1, 0.15) is 24.3 Å². The van der Waals surface area contributed by atoms with Gasteiger partial charge < -0.3 is 24.1 Å². The second kappa shape index (κ2) is 8.77. The molecule has 3 aromatic rings. The number of nitrogens with zero attached hydrogens (tertiary/aromatic N) is 3. The van der Waals surface area contributed by atoms with Crippen molar-refractivity contribution in [3.63, 3.8) is 0 Å². The average molecular weight is 466 g/mol. The van der Waals surface area contributed by atoms with Gasteiger partial charge >= 0.3 is 5.97 Å². The maximum Gasteiger partial charge on any atom is 0.359 e. The summed E-state index contributed by atoms with van der Waals surface area (Å²) in [5, 5.41) is 7.12. The molecule has 176 valence electrons. The third kappa shape index (κ3) is 3.64. The lowest BCUT2D eigenvalue weighted by atomic mass is 9.97. The predicted molar refractivity (Wildman–Crippen MR) is 120 cm³/mol. The quantitative estimate of drug-likeness (QED) is 0.549. The van der Waals surface area contributed by atoms with Crippen LogP contribution < -0.4 is 10.1 Å². The molecule has 2 aromatic heterocycles. The summed E-state index contributed by atoms with van der Waals surface area (Å²) >= 11 is 0. The molecule has 3 heterocycles. The van der Waals surface area contributed by atoms with Crippen LogP contribution in [0.1, 0.15) is 30.2 Å². The number of benzene rings is 1. The van der Waals surface area contributed by atoms with Crippen LogP contribution in [0.4, 0.5) is 10.1 Å².